The van der Waals surface area contributed by atoms with Gasteiger partial charge in [0.05, 0.1) is 5.69 Å². The normalized spacial score (nSPS) is 10.2. The molecule has 2 amide bonds. The Bertz CT molecular complexity index is 528. The van der Waals surface area contributed by atoms with Gasteiger partial charge in [-0.05, 0) is 19.4 Å². The molecular formula is C14H18N4O. The van der Waals surface area contributed by atoms with Gasteiger partial charge in [0, 0.05) is 24.3 Å². The van der Waals surface area contributed by atoms with Crippen LogP contribution >= 0.6 is 0 Å². The molecule has 0 aliphatic carbocycles. The van der Waals surface area contributed by atoms with Crippen LogP contribution in [0.5, 0.6) is 0 Å². The maximum atomic E-state index is 11.7. The molecule has 0 radical (unpaired) electrons. The van der Waals surface area contributed by atoms with Crippen LogP contribution in [-0.2, 0) is 13.1 Å². The Balaban J connectivity index is 1.79. The number of hydrogen-bond acceptors (Lipinski definition) is 2. The van der Waals surface area contributed by atoms with Crippen LogP contribution in [0.15, 0.2) is 30.3 Å². The fourth-order valence-corrected chi connectivity index (χ4v) is 1.84. The highest BCUT2D eigenvalue weighted by molar-refractivity contribution is 5.73. The molecule has 0 atom stereocenters. The molecule has 0 spiro atoms. The Morgan fingerprint density at radius 3 is 2.47 bits per heavy atom. The third-order valence-electron chi connectivity index (χ3n) is 3.00. The second-order valence-corrected chi connectivity index (χ2v) is 4.43. The molecule has 100 valence electrons. The molecule has 1 aromatic carbocycles. The van der Waals surface area contributed by atoms with Gasteiger partial charge in [-0.25, -0.2) is 4.79 Å². The summed E-state index contributed by atoms with van der Waals surface area (Å²) in [6, 6.07) is 9.63. The standard InChI is InChI=1S/C14H18N4O/c1-10-13(11(2)18-17-10)9-16-14(19)15-8-12-6-4-3-5-7-12/h3-7H,8-9H2,1-2H3,(H,17,18)(H2,15,16,19). The van der Waals surface area contributed by atoms with Crippen LogP contribution in [0.25, 0.3) is 0 Å². The van der Waals surface area contributed by atoms with Crippen molar-refractivity contribution in [3.63, 3.8) is 0 Å². The number of hydrogen-bond donors (Lipinski definition) is 3. The number of H-pyrrole nitrogens is 1. The Hall–Kier alpha value is -2.30. The average molecular weight is 258 g/mol. The number of aryl methyl sites for hydroxylation is 2. The number of urea groups is 1. The van der Waals surface area contributed by atoms with E-state index in [-0.39, 0.29) is 6.03 Å². The number of benzene rings is 1. The monoisotopic (exact) mass is 258 g/mol. The largest absolute Gasteiger partial charge is 0.334 e. The number of aromatic amines is 1. The zero-order valence-corrected chi connectivity index (χ0v) is 11.2. The number of carbonyl (C=O) groups excluding carboxylic acids is 1. The molecule has 19 heavy (non-hydrogen) atoms. The number of rotatable bonds is 4. The zero-order chi connectivity index (χ0) is 13.7. The summed E-state index contributed by atoms with van der Waals surface area (Å²) in [6.45, 7) is 4.87. The lowest BCUT2D eigenvalue weighted by Gasteiger charge is -2.07. The Kier molecular flexibility index (Phi) is 4.18. The van der Waals surface area contributed by atoms with Crippen molar-refractivity contribution in [3.8, 4) is 0 Å². The van der Waals surface area contributed by atoms with E-state index in [1.165, 1.54) is 0 Å². The Morgan fingerprint density at radius 2 is 1.84 bits per heavy atom. The average Bonchev–Trinajstić information content (AvgIpc) is 2.75. The van der Waals surface area contributed by atoms with Crippen LogP contribution in [0.2, 0.25) is 0 Å². The van der Waals surface area contributed by atoms with E-state index in [4.69, 9.17) is 0 Å². The summed E-state index contributed by atoms with van der Waals surface area (Å²) in [5, 5.41) is 12.6. The minimum absolute atomic E-state index is 0.177. The first-order chi connectivity index (χ1) is 9.16. The molecule has 3 N–H and O–H groups in total. The van der Waals surface area contributed by atoms with Crippen molar-refractivity contribution >= 4 is 6.03 Å². The topological polar surface area (TPSA) is 69.8 Å². The molecule has 5 heteroatoms. The summed E-state index contributed by atoms with van der Waals surface area (Å²) >= 11 is 0. The summed E-state index contributed by atoms with van der Waals surface area (Å²) in [5.74, 6) is 0. The molecule has 2 rings (SSSR count). The highest BCUT2D eigenvalue weighted by Gasteiger charge is 2.07. The summed E-state index contributed by atoms with van der Waals surface area (Å²) < 4.78 is 0. The number of amides is 2. The van der Waals surface area contributed by atoms with Crippen molar-refractivity contribution in [2.24, 2.45) is 0 Å². The summed E-state index contributed by atoms with van der Waals surface area (Å²) in [4.78, 5) is 11.7. The summed E-state index contributed by atoms with van der Waals surface area (Å²) in [6.07, 6.45) is 0. The van der Waals surface area contributed by atoms with Crippen molar-refractivity contribution in [1.29, 1.82) is 0 Å². The SMILES string of the molecule is Cc1n[nH]c(C)c1CNC(=O)NCc1ccccc1. The molecule has 1 aromatic heterocycles. The van der Waals surface area contributed by atoms with Gasteiger partial charge in [0.2, 0.25) is 0 Å². The molecule has 2 aromatic rings. The first-order valence-electron chi connectivity index (χ1n) is 6.23. The number of nitrogens with zero attached hydrogens (tertiary/aromatic N) is 1. The van der Waals surface area contributed by atoms with Crippen molar-refractivity contribution in [2.45, 2.75) is 26.9 Å². The lowest BCUT2D eigenvalue weighted by Crippen LogP contribution is -2.34. The van der Waals surface area contributed by atoms with E-state index in [0.29, 0.717) is 13.1 Å². The van der Waals surface area contributed by atoms with Crippen LogP contribution < -0.4 is 10.6 Å². The van der Waals surface area contributed by atoms with Crippen LogP contribution in [0.3, 0.4) is 0 Å². The Morgan fingerprint density at radius 1 is 1.16 bits per heavy atom. The van der Waals surface area contributed by atoms with Gasteiger partial charge in [0.25, 0.3) is 0 Å². The summed E-state index contributed by atoms with van der Waals surface area (Å²) in [5.41, 5.74) is 4.02. The van der Waals surface area contributed by atoms with Gasteiger partial charge in [-0.2, -0.15) is 5.10 Å². The van der Waals surface area contributed by atoms with E-state index >= 15 is 0 Å². The molecule has 0 unspecified atom stereocenters. The molecule has 0 aliphatic heterocycles. The first-order valence-corrected chi connectivity index (χ1v) is 6.23. The third-order valence-corrected chi connectivity index (χ3v) is 3.00. The van der Waals surface area contributed by atoms with E-state index in [2.05, 4.69) is 20.8 Å². The number of nitrogens with one attached hydrogen (secondary N) is 3. The van der Waals surface area contributed by atoms with E-state index < -0.39 is 0 Å². The minimum Gasteiger partial charge on any atom is -0.334 e. The van der Waals surface area contributed by atoms with E-state index in [1.807, 2.05) is 44.2 Å². The molecule has 0 fully saturated rings. The second-order valence-electron chi connectivity index (χ2n) is 4.43. The number of aromatic nitrogens is 2. The predicted molar refractivity (Wildman–Crippen MR) is 73.6 cm³/mol. The van der Waals surface area contributed by atoms with Crippen LogP contribution in [-0.4, -0.2) is 16.2 Å². The van der Waals surface area contributed by atoms with Crippen molar-refractivity contribution in [2.75, 3.05) is 0 Å². The lowest BCUT2D eigenvalue weighted by atomic mass is 10.2. The van der Waals surface area contributed by atoms with Gasteiger partial charge >= 0.3 is 6.03 Å². The molecule has 0 saturated heterocycles. The maximum absolute atomic E-state index is 11.7. The highest BCUT2D eigenvalue weighted by atomic mass is 16.2. The van der Waals surface area contributed by atoms with Gasteiger partial charge in [-0.15, -0.1) is 0 Å². The van der Waals surface area contributed by atoms with Crippen LogP contribution in [0, 0.1) is 13.8 Å². The number of carbonyl (C=O) groups is 1. The maximum Gasteiger partial charge on any atom is 0.315 e. The van der Waals surface area contributed by atoms with Crippen molar-refractivity contribution < 1.29 is 4.79 Å². The van der Waals surface area contributed by atoms with E-state index in [1.54, 1.807) is 0 Å². The molecule has 5 nitrogen and oxygen atoms in total. The fourth-order valence-electron chi connectivity index (χ4n) is 1.84. The second kappa shape index (κ2) is 6.04. The van der Waals surface area contributed by atoms with E-state index in [0.717, 1.165) is 22.5 Å². The fraction of sp³-hybridized carbons (Fsp3) is 0.286. The van der Waals surface area contributed by atoms with Gasteiger partial charge in [0.15, 0.2) is 0 Å². The van der Waals surface area contributed by atoms with Crippen LogP contribution in [0.4, 0.5) is 4.79 Å². The molecule has 0 saturated carbocycles. The van der Waals surface area contributed by atoms with E-state index in [9.17, 15) is 4.79 Å². The van der Waals surface area contributed by atoms with Crippen molar-refractivity contribution in [1.82, 2.24) is 20.8 Å². The van der Waals surface area contributed by atoms with Crippen LogP contribution in [0.1, 0.15) is 22.5 Å². The summed E-state index contributed by atoms with van der Waals surface area (Å²) in [7, 11) is 0. The van der Waals surface area contributed by atoms with Gasteiger partial charge in [-0.3, -0.25) is 5.10 Å². The minimum atomic E-state index is -0.177. The first kappa shape index (κ1) is 13.1. The third kappa shape index (κ3) is 3.58. The van der Waals surface area contributed by atoms with Gasteiger partial charge < -0.3 is 10.6 Å². The predicted octanol–water partition coefficient (Wildman–Crippen LogP) is 2.03. The quantitative estimate of drug-likeness (QED) is 0.785. The molecule has 1 heterocycles. The van der Waals surface area contributed by atoms with Crippen molar-refractivity contribution in [3.05, 3.63) is 52.8 Å². The smallest absolute Gasteiger partial charge is 0.315 e. The zero-order valence-electron chi connectivity index (χ0n) is 11.2. The highest BCUT2D eigenvalue weighted by Crippen LogP contribution is 2.08. The molecule has 0 aliphatic rings. The van der Waals surface area contributed by atoms with Gasteiger partial charge in [-0.1, -0.05) is 30.3 Å². The Labute approximate surface area is 112 Å². The molecular weight excluding hydrogens is 240 g/mol. The van der Waals surface area contributed by atoms with Gasteiger partial charge in [0.1, 0.15) is 0 Å². The molecule has 0 bridgehead atoms. The lowest BCUT2D eigenvalue weighted by molar-refractivity contribution is 0.240.